The molecular weight excluding hydrogens is 218 g/mol. The van der Waals surface area contributed by atoms with E-state index < -0.39 is 11.8 Å². The molecule has 1 aromatic carbocycles. The molecule has 4 nitrogen and oxygen atoms in total. The molecule has 0 bridgehead atoms. The number of benzene rings is 1. The number of aliphatic carboxylic acids is 1. The van der Waals surface area contributed by atoms with Gasteiger partial charge in [0, 0.05) is 6.20 Å². The van der Waals surface area contributed by atoms with Crippen LogP contribution in [0.2, 0.25) is 5.02 Å². The fraction of sp³-hybridized carbons (Fsp3) is 0. The third-order valence-electron chi connectivity index (χ3n) is 2.03. The van der Waals surface area contributed by atoms with Gasteiger partial charge < -0.3 is 5.11 Å². The van der Waals surface area contributed by atoms with Crippen molar-refractivity contribution in [2.75, 3.05) is 0 Å². The zero-order valence-corrected chi connectivity index (χ0v) is 8.15. The number of carbonyl (C=O) groups excluding carboxylic acids is 1. The van der Waals surface area contributed by atoms with E-state index in [1.54, 1.807) is 12.1 Å². The molecule has 15 heavy (non-hydrogen) atoms. The molecule has 1 N–H and O–H groups in total. The van der Waals surface area contributed by atoms with Gasteiger partial charge in [0.2, 0.25) is 5.78 Å². The van der Waals surface area contributed by atoms with Crippen LogP contribution in [-0.2, 0) is 4.79 Å². The van der Waals surface area contributed by atoms with Gasteiger partial charge >= 0.3 is 5.97 Å². The number of carbonyl (C=O) groups is 2. The van der Waals surface area contributed by atoms with E-state index in [1.807, 2.05) is 0 Å². The second-order valence-corrected chi connectivity index (χ2v) is 3.35. The number of para-hydroxylation sites is 1. The summed E-state index contributed by atoms with van der Waals surface area (Å²) in [5, 5.41) is 12.9. The molecule has 5 heteroatoms. The number of ketones is 1. The second kappa shape index (κ2) is 3.40. The summed E-state index contributed by atoms with van der Waals surface area (Å²) < 4.78 is 0. The number of carboxylic acids is 1. The standard InChI is InChI=1S/C10H5ClNO3/c11-7-3-1-2-5-8(7)12-4-6(9(5)13)10(14)15/h1-4H,(H,14,15). The lowest BCUT2D eigenvalue weighted by atomic mass is 9.99. The highest BCUT2D eigenvalue weighted by Gasteiger charge is 2.27. The molecule has 0 fully saturated rings. The molecule has 0 atom stereocenters. The molecule has 0 saturated carbocycles. The van der Waals surface area contributed by atoms with Crippen molar-refractivity contribution in [1.82, 2.24) is 5.32 Å². The molecule has 2 rings (SSSR count). The van der Waals surface area contributed by atoms with Gasteiger partial charge in [0.25, 0.3) is 0 Å². The first-order valence-corrected chi connectivity index (χ1v) is 4.46. The summed E-state index contributed by atoms with van der Waals surface area (Å²) in [6, 6.07) is 4.68. The van der Waals surface area contributed by atoms with Gasteiger partial charge in [0.05, 0.1) is 16.3 Å². The van der Waals surface area contributed by atoms with Crippen molar-refractivity contribution >= 4 is 29.0 Å². The maximum absolute atomic E-state index is 11.6. The Balaban J connectivity index is 2.55. The van der Waals surface area contributed by atoms with Crippen molar-refractivity contribution in [2.45, 2.75) is 0 Å². The molecule has 1 aliphatic heterocycles. The van der Waals surface area contributed by atoms with Gasteiger partial charge in [-0.2, -0.15) is 0 Å². The number of hydrogen-bond donors (Lipinski definition) is 1. The third-order valence-corrected chi connectivity index (χ3v) is 2.33. The molecule has 0 amide bonds. The minimum absolute atomic E-state index is 0.224. The summed E-state index contributed by atoms with van der Waals surface area (Å²) in [7, 11) is 0. The van der Waals surface area contributed by atoms with Crippen molar-refractivity contribution in [3.8, 4) is 0 Å². The highest BCUT2D eigenvalue weighted by atomic mass is 35.5. The topological polar surface area (TPSA) is 68.5 Å². The first kappa shape index (κ1) is 9.73. The van der Waals surface area contributed by atoms with Gasteiger partial charge in [-0.1, -0.05) is 17.7 Å². The van der Waals surface area contributed by atoms with Crippen molar-refractivity contribution in [2.24, 2.45) is 0 Å². The molecule has 0 saturated heterocycles. The van der Waals surface area contributed by atoms with E-state index in [2.05, 4.69) is 5.32 Å². The molecule has 0 aromatic heterocycles. The van der Waals surface area contributed by atoms with Crippen LogP contribution in [0, 0.1) is 0 Å². The first-order valence-electron chi connectivity index (χ1n) is 4.09. The molecule has 1 radical (unpaired) electrons. The fourth-order valence-electron chi connectivity index (χ4n) is 1.31. The van der Waals surface area contributed by atoms with Gasteiger partial charge in [-0.25, -0.2) is 4.79 Å². The molecule has 0 unspecified atom stereocenters. The molecule has 1 aromatic rings. The smallest absolute Gasteiger partial charge is 0.341 e. The first-order chi connectivity index (χ1) is 7.11. The summed E-state index contributed by atoms with van der Waals surface area (Å²) in [5.41, 5.74) is 0.210. The quantitative estimate of drug-likeness (QED) is 0.736. The Morgan fingerprint density at radius 3 is 2.80 bits per heavy atom. The van der Waals surface area contributed by atoms with Crippen LogP contribution in [0.4, 0.5) is 5.69 Å². The van der Waals surface area contributed by atoms with Gasteiger partial charge in [-0.15, -0.1) is 0 Å². The van der Waals surface area contributed by atoms with Crippen molar-refractivity contribution in [3.63, 3.8) is 0 Å². The van der Waals surface area contributed by atoms with E-state index in [0.29, 0.717) is 10.7 Å². The Morgan fingerprint density at radius 1 is 1.40 bits per heavy atom. The lowest BCUT2D eigenvalue weighted by Crippen LogP contribution is -2.19. The summed E-state index contributed by atoms with van der Waals surface area (Å²) >= 11 is 5.81. The molecule has 0 spiro atoms. The van der Waals surface area contributed by atoms with Crippen LogP contribution in [0.1, 0.15) is 10.4 Å². The Kier molecular flexibility index (Phi) is 2.21. The highest BCUT2D eigenvalue weighted by molar-refractivity contribution is 6.35. The van der Waals surface area contributed by atoms with Crippen LogP contribution in [0.25, 0.3) is 0 Å². The monoisotopic (exact) mass is 222 g/mol. The van der Waals surface area contributed by atoms with E-state index in [9.17, 15) is 9.59 Å². The molecule has 75 valence electrons. The number of rotatable bonds is 1. The van der Waals surface area contributed by atoms with Crippen molar-refractivity contribution < 1.29 is 14.7 Å². The Bertz CT molecular complexity index is 493. The largest absolute Gasteiger partial charge is 0.477 e. The van der Waals surface area contributed by atoms with Crippen LogP contribution < -0.4 is 5.32 Å². The fourth-order valence-corrected chi connectivity index (χ4v) is 1.54. The SMILES string of the molecule is O=C(O)C1=C[N]c2c(Cl)cccc2C1=O. The van der Waals surface area contributed by atoms with E-state index >= 15 is 0 Å². The number of nitrogens with zero attached hydrogens (tertiary/aromatic N) is 1. The Labute approximate surface area is 90.2 Å². The predicted octanol–water partition coefficient (Wildman–Crippen LogP) is 1.74. The normalized spacial score (nSPS) is 13.9. The van der Waals surface area contributed by atoms with E-state index in [1.165, 1.54) is 6.07 Å². The van der Waals surface area contributed by atoms with Gasteiger partial charge in [0.1, 0.15) is 5.57 Å². The second-order valence-electron chi connectivity index (χ2n) is 2.94. The maximum Gasteiger partial charge on any atom is 0.341 e. The Hall–Kier alpha value is -1.81. The maximum atomic E-state index is 11.6. The lowest BCUT2D eigenvalue weighted by molar-refractivity contribution is -0.132. The van der Waals surface area contributed by atoms with Crippen LogP contribution in [0.15, 0.2) is 30.0 Å². The number of carboxylic acid groups (broad SMARTS) is 1. The van der Waals surface area contributed by atoms with Crippen molar-refractivity contribution in [1.29, 1.82) is 0 Å². The van der Waals surface area contributed by atoms with E-state index in [-0.39, 0.29) is 11.1 Å². The molecule has 1 aliphatic rings. The Morgan fingerprint density at radius 2 is 2.13 bits per heavy atom. The van der Waals surface area contributed by atoms with Crippen LogP contribution >= 0.6 is 11.6 Å². The summed E-state index contributed by atoms with van der Waals surface area (Å²) in [6.07, 6.45) is 1.03. The van der Waals surface area contributed by atoms with Gasteiger partial charge in [0.15, 0.2) is 0 Å². The predicted molar refractivity (Wildman–Crippen MR) is 53.3 cm³/mol. The molecular formula is C10H5ClNO3. The zero-order valence-electron chi connectivity index (χ0n) is 7.40. The third kappa shape index (κ3) is 1.49. The number of fused-ring (bicyclic) bond motifs is 1. The zero-order chi connectivity index (χ0) is 11.0. The van der Waals surface area contributed by atoms with Crippen LogP contribution in [0.3, 0.4) is 0 Å². The average Bonchev–Trinajstić information content (AvgIpc) is 2.19. The number of halogens is 1. The highest BCUT2D eigenvalue weighted by Crippen LogP contribution is 2.31. The summed E-state index contributed by atoms with van der Waals surface area (Å²) in [6.45, 7) is 0. The average molecular weight is 223 g/mol. The molecule has 1 heterocycles. The van der Waals surface area contributed by atoms with E-state index in [0.717, 1.165) is 6.20 Å². The minimum atomic E-state index is -1.28. The summed E-state index contributed by atoms with van der Waals surface area (Å²) in [4.78, 5) is 22.3. The number of Topliss-reactive ketones (excluding diaryl/α,β-unsaturated/α-hetero) is 1. The lowest BCUT2D eigenvalue weighted by Gasteiger charge is -2.13. The molecule has 0 aliphatic carbocycles. The van der Waals surface area contributed by atoms with E-state index in [4.69, 9.17) is 16.7 Å². The minimum Gasteiger partial charge on any atom is -0.477 e. The van der Waals surface area contributed by atoms with Crippen LogP contribution in [0.5, 0.6) is 0 Å². The summed E-state index contributed by atoms with van der Waals surface area (Å²) in [5.74, 6) is -1.84. The number of hydrogen-bond acceptors (Lipinski definition) is 2. The van der Waals surface area contributed by atoms with Crippen molar-refractivity contribution in [3.05, 3.63) is 40.6 Å². The van der Waals surface area contributed by atoms with Gasteiger partial charge in [-0.3, -0.25) is 10.1 Å². The van der Waals surface area contributed by atoms with Crippen LogP contribution in [-0.4, -0.2) is 16.9 Å². The van der Waals surface area contributed by atoms with Gasteiger partial charge in [-0.05, 0) is 12.1 Å².